The first-order valence-electron chi connectivity index (χ1n) is 6.04. The Morgan fingerprint density at radius 2 is 2.37 bits per heavy atom. The van der Waals surface area contributed by atoms with Gasteiger partial charge in [-0.3, -0.25) is 4.79 Å². The van der Waals surface area contributed by atoms with Crippen LogP contribution in [0.4, 0.5) is 4.39 Å². The smallest absolute Gasteiger partial charge is 0.224 e. The van der Waals surface area contributed by atoms with Crippen LogP contribution in [0.15, 0.2) is 18.2 Å². The van der Waals surface area contributed by atoms with Crippen molar-refractivity contribution < 1.29 is 13.9 Å². The molecular weight excluding hydrogens is 271 g/mol. The Kier molecular flexibility index (Phi) is 5.57. The van der Waals surface area contributed by atoms with Gasteiger partial charge in [-0.1, -0.05) is 6.92 Å². The first kappa shape index (κ1) is 15.7. The molecule has 0 saturated carbocycles. The first-order chi connectivity index (χ1) is 8.61. The second-order valence-corrected chi connectivity index (χ2v) is 4.52. The third kappa shape index (κ3) is 3.58. The molecule has 2 rings (SSSR count). The van der Waals surface area contributed by atoms with Crippen LogP contribution in [-0.4, -0.2) is 19.1 Å². The van der Waals surface area contributed by atoms with E-state index in [4.69, 9.17) is 10.5 Å². The Morgan fingerprint density at radius 3 is 3.05 bits per heavy atom. The molecule has 106 valence electrons. The van der Waals surface area contributed by atoms with Crippen LogP contribution in [0.1, 0.15) is 24.9 Å². The molecule has 0 spiro atoms. The van der Waals surface area contributed by atoms with E-state index in [1.54, 1.807) is 13.0 Å². The molecule has 1 aliphatic rings. The molecule has 0 saturated heterocycles. The van der Waals surface area contributed by atoms with Crippen LogP contribution >= 0.6 is 12.4 Å². The predicted molar refractivity (Wildman–Crippen MR) is 72.9 cm³/mol. The lowest BCUT2D eigenvalue weighted by molar-refractivity contribution is -0.125. The van der Waals surface area contributed by atoms with E-state index in [1.165, 1.54) is 12.1 Å². The van der Waals surface area contributed by atoms with Crippen molar-refractivity contribution >= 4 is 18.3 Å². The maximum absolute atomic E-state index is 13.2. The van der Waals surface area contributed by atoms with Crippen LogP contribution in [0.25, 0.3) is 0 Å². The number of halogens is 2. The Morgan fingerprint density at radius 1 is 1.63 bits per heavy atom. The van der Waals surface area contributed by atoms with Gasteiger partial charge >= 0.3 is 0 Å². The Hall–Kier alpha value is -1.33. The number of hydrogen-bond donors (Lipinski definition) is 2. The van der Waals surface area contributed by atoms with Crippen LogP contribution in [0.5, 0.6) is 5.75 Å². The number of nitrogens with one attached hydrogen (secondary N) is 1. The Labute approximate surface area is 117 Å². The van der Waals surface area contributed by atoms with Crippen molar-refractivity contribution in [2.45, 2.75) is 19.4 Å². The zero-order chi connectivity index (χ0) is 13.1. The molecule has 1 aromatic rings. The molecule has 0 aliphatic carbocycles. The fraction of sp³-hybridized carbons (Fsp3) is 0.462. The summed E-state index contributed by atoms with van der Waals surface area (Å²) in [6.07, 6.45) is 0.638. The van der Waals surface area contributed by atoms with E-state index >= 15 is 0 Å². The topological polar surface area (TPSA) is 64.4 Å². The minimum atomic E-state index is -0.328. The largest absolute Gasteiger partial charge is 0.493 e. The van der Waals surface area contributed by atoms with Crippen LogP contribution in [-0.2, 0) is 4.79 Å². The summed E-state index contributed by atoms with van der Waals surface area (Å²) in [6, 6.07) is 4.15. The highest BCUT2D eigenvalue weighted by atomic mass is 35.5. The number of nitrogens with two attached hydrogens (primary N) is 1. The van der Waals surface area contributed by atoms with Crippen molar-refractivity contribution in [3.05, 3.63) is 29.6 Å². The summed E-state index contributed by atoms with van der Waals surface area (Å²) in [5.41, 5.74) is 6.14. The minimum absolute atomic E-state index is 0. The normalized spacial score (nSPS) is 18.6. The van der Waals surface area contributed by atoms with E-state index in [1.807, 2.05) is 0 Å². The van der Waals surface area contributed by atoms with Gasteiger partial charge in [-0.2, -0.15) is 0 Å². The van der Waals surface area contributed by atoms with Gasteiger partial charge in [0.1, 0.15) is 11.6 Å². The van der Waals surface area contributed by atoms with Gasteiger partial charge in [-0.05, 0) is 18.2 Å². The monoisotopic (exact) mass is 288 g/mol. The van der Waals surface area contributed by atoms with Crippen molar-refractivity contribution in [3.8, 4) is 5.75 Å². The van der Waals surface area contributed by atoms with Crippen molar-refractivity contribution in [3.63, 3.8) is 0 Å². The SMILES string of the molecule is CC(CN)C(=O)NC1CCOc2ccc(F)cc21.Cl. The van der Waals surface area contributed by atoms with Crippen LogP contribution in [0.3, 0.4) is 0 Å². The number of amides is 1. The van der Waals surface area contributed by atoms with Crippen LogP contribution in [0, 0.1) is 11.7 Å². The number of carbonyl (C=O) groups excluding carboxylic acids is 1. The summed E-state index contributed by atoms with van der Waals surface area (Å²) in [4.78, 5) is 11.8. The highest BCUT2D eigenvalue weighted by Gasteiger charge is 2.24. The van der Waals surface area contributed by atoms with Crippen molar-refractivity contribution in [2.24, 2.45) is 11.7 Å². The molecule has 1 amide bonds. The molecule has 0 aromatic heterocycles. The number of carbonyl (C=O) groups is 1. The Bertz CT molecular complexity index is 456. The van der Waals surface area contributed by atoms with Gasteiger partial charge in [0.05, 0.1) is 12.6 Å². The van der Waals surface area contributed by atoms with E-state index in [2.05, 4.69) is 5.32 Å². The highest BCUT2D eigenvalue weighted by Crippen LogP contribution is 2.32. The van der Waals surface area contributed by atoms with Gasteiger partial charge in [0.15, 0.2) is 0 Å². The number of fused-ring (bicyclic) bond motifs is 1. The molecule has 2 atom stereocenters. The molecule has 0 bridgehead atoms. The molecule has 1 heterocycles. The third-order valence-electron chi connectivity index (χ3n) is 3.13. The van der Waals surface area contributed by atoms with E-state index < -0.39 is 0 Å². The molecule has 1 aromatic carbocycles. The van der Waals surface area contributed by atoms with E-state index in [0.29, 0.717) is 30.9 Å². The van der Waals surface area contributed by atoms with E-state index in [9.17, 15) is 9.18 Å². The van der Waals surface area contributed by atoms with Crippen molar-refractivity contribution in [1.29, 1.82) is 0 Å². The van der Waals surface area contributed by atoms with Gasteiger partial charge in [0.2, 0.25) is 5.91 Å². The molecule has 6 heteroatoms. The highest BCUT2D eigenvalue weighted by molar-refractivity contribution is 5.85. The summed E-state index contributed by atoms with van der Waals surface area (Å²) in [6.45, 7) is 2.58. The number of rotatable bonds is 3. The van der Waals surface area contributed by atoms with Crippen LogP contribution < -0.4 is 15.8 Å². The molecular formula is C13H18ClFN2O2. The zero-order valence-electron chi connectivity index (χ0n) is 10.7. The lowest BCUT2D eigenvalue weighted by Gasteiger charge is -2.27. The van der Waals surface area contributed by atoms with Gasteiger partial charge in [0.25, 0.3) is 0 Å². The summed E-state index contributed by atoms with van der Waals surface area (Å²) < 4.78 is 18.7. The van der Waals surface area contributed by atoms with Crippen LogP contribution in [0.2, 0.25) is 0 Å². The number of hydrogen-bond acceptors (Lipinski definition) is 3. The molecule has 0 radical (unpaired) electrons. The van der Waals surface area contributed by atoms with Gasteiger partial charge < -0.3 is 15.8 Å². The zero-order valence-corrected chi connectivity index (χ0v) is 11.5. The minimum Gasteiger partial charge on any atom is -0.493 e. The number of ether oxygens (including phenoxy) is 1. The molecule has 2 unspecified atom stereocenters. The van der Waals surface area contributed by atoms with Gasteiger partial charge in [-0.15, -0.1) is 12.4 Å². The maximum atomic E-state index is 13.2. The molecule has 0 fully saturated rings. The summed E-state index contributed by atoms with van der Waals surface area (Å²) in [5, 5.41) is 2.89. The average Bonchev–Trinajstić information content (AvgIpc) is 2.38. The molecule has 1 aliphatic heterocycles. The Balaban J connectivity index is 0.00000180. The third-order valence-corrected chi connectivity index (χ3v) is 3.13. The molecule has 19 heavy (non-hydrogen) atoms. The molecule has 3 N–H and O–H groups in total. The first-order valence-corrected chi connectivity index (χ1v) is 6.04. The van der Waals surface area contributed by atoms with Crippen molar-refractivity contribution in [1.82, 2.24) is 5.32 Å². The van der Waals surface area contributed by atoms with Gasteiger partial charge in [-0.25, -0.2) is 4.39 Å². The standard InChI is InChI=1S/C13H17FN2O2.ClH/c1-8(7-15)13(17)16-11-4-5-18-12-3-2-9(14)6-10(11)12;/h2-3,6,8,11H,4-5,7,15H2,1H3,(H,16,17);1H. The number of benzene rings is 1. The van der Waals surface area contributed by atoms with E-state index in [0.717, 1.165) is 0 Å². The van der Waals surface area contributed by atoms with E-state index in [-0.39, 0.29) is 36.1 Å². The second kappa shape index (κ2) is 6.73. The predicted octanol–water partition coefficient (Wildman–Crippen LogP) is 1.78. The molecule has 4 nitrogen and oxygen atoms in total. The lowest BCUT2D eigenvalue weighted by Crippen LogP contribution is -2.37. The second-order valence-electron chi connectivity index (χ2n) is 4.52. The summed E-state index contributed by atoms with van der Waals surface area (Å²) >= 11 is 0. The quantitative estimate of drug-likeness (QED) is 0.891. The average molecular weight is 289 g/mol. The fourth-order valence-electron chi connectivity index (χ4n) is 1.94. The fourth-order valence-corrected chi connectivity index (χ4v) is 1.94. The van der Waals surface area contributed by atoms with Crippen molar-refractivity contribution in [2.75, 3.05) is 13.2 Å². The lowest BCUT2D eigenvalue weighted by atomic mass is 9.99. The summed E-state index contributed by atoms with van der Waals surface area (Å²) in [7, 11) is 0. The maximum Gasteiger partial charge on any atom is 0.224 e. The van der Waals surface area contributed by atoms with Gasteiger partial charge in [0, 0.05) is 24.4 Å². The summed E-state index contributed by atoms with van der Waals surface area (Å²) in [5.74, 6) is -0.0526.